The molecule has 0 aromatic heterocycles. The second-order valence-corrected chi connectivity index (χ2v) is 8.95. The van der Waals surface area contributed by atoms with Crippen LogP contribution in [0, 0.1) is 19.8 Å². The van der Waals surface area contributed by atoms with Crippen LogP contribution in [0.2, 0.25) is 0 Å². The number of piperidine rings is 1. The number of benzene rings is 2. The van der Waals surface area contributed by atoms with E-state index in [-0.39, 0.29) is 11.9 Å². The highest BCUT2D eigenvalue weighted by Gasteiger charge is 2.33. The van der Waals surface area contributed by atoms with E-state index in [1.54, 1.807) is 50.4 Å². The zero-order valence-electron chi connectivity index (χ0n) is 16.3. The molecule has 28 heavy (non-hydrogen) atoms. The minimum Gasteiger partial charge on any atom is -0.497 e. The molecule has 1 aliphatic heterocycles. The van der Waals surface area contributed by atoms with Gasteiger partial charge in [-0.3, -0.25) is 4.79 Å². The van der Waals surface area contributed by atoms with Gasteiger partial charge in [0.1, 0.15) is 11.5 Å². The first-order valence-electron chi connectivity index (χ1n) is 9.24. The van der Waals surface area contributed by atoms with Gasteiger partial charge in [0, 0.05) is 13.1 Å². The van der Waals surface area contributed by atoms with Gasteiger partial charge in [-0.2, -0.15) is 4.31 Å². The molecule has 0 N–H and O–H groups in total. The van der Waals surface area contributed by atoms with E-state index in [0.29, 0.717) is 42.3 Å². The zero-order valence-corrected chi connectivity index (χ0v) is 17.2. The number of hydrogen-bond acceptors (Lipinski definition) is 5. The van der Waals surface area contributed by atoms with Gasteiger partial charge < -0.3 is 9.47 Å². The van der Waals surface area contributed by atoms with Crippen molar-refractivity contribution in [3.63, 3.8) is 0 Å². The van der Waals surface area contributed by atoms with Crippen molar-refractivity contribution in [1.82, 2.24) is 4.31 Å². The first-order chi connectivity index (χ1) is 13.3. The van der Waals surface area contributed by atoms with Gasteiger partial charge in [0.2, 0.25) is 10.0 Å². The molecule has 0 radical (unpaired) electrons. The third kappa shape index (κ3) is 4.36. The average Bonchev–Trinajstić information content (AvgIpc) is 2.68. The summed E-state index contributed by atoms with van der Waals surface area (Å²) in [5, 5.41) is 0. The molecule has 0 amide bonds. The number of esters is 1. The molecule has 1 fully saturated rings. The summed E-state index contributed by atoms with van der Waals surface area (Å²) < 4.78 is 37.9. The van der Waals surface area contributed by atoms with Gasteiger partial charge in [-0.25, -0.2) is 8.42 Å². The molecule has 3 rings (SSSR count). The Kier molecular flexibility index (Phi) is 6.05. The molecule has 0 atom stereocenters. The molecule has 0 spiro atoms. The first kappa shape index (κ1) is 20.4. The minimum absolute atomic E-state index is 0.304. The highest BCUT2D eigenvalue weighted by molar-refractivity contribution is 7.89. The maximum Gasteiger partial charge on any atom is 0.314 e. The van der Waals surface area contributed by atoms with Gasteiger partial charge in [0.25, 0.3) is 0 Å². The maximum absolute atomic E-state index is 12.9. The number of sulfonamides is 1. The largest absolute Gasteiger partial charge is 0.497 e. The smallest absolute Gasteiger partial charge is 0.314 e. The van der Waals surface area contributed by atoms with E-state index in [0.717, 1.165) is 11.1 Å². The van der Waals surface area contributed by atoms with E-state index in [2.05, 4.69) is 0 Å². The molecule has 150 valence electrons. The van der Waals surface area contributed by atoms with E-state index >= 15 is 0 Å². The van der Waals surface area contributed by atoms with Crippen molar-refractivity contribution in [3.8, 4) is 11.5 Å². The van der Waals surface area contributed by atoms with E-state index in [4.69, 9.17) is 9.47 Å². The van der Waals surface area contributed by atoms with Crippen LogP contribution in [0.15, 0.2) is 47.4 Å². The van der Waals surface area contributed by atoms with Crippen molar-refractivity contribution in [3.05, 3.63) is 53.6 Å². The fraction of sp³-hybridized carbons (Fsp3) is 0.381. The van der Waals surface area contributed by atoms with Crippen LogP contribution in [-0.4, -0.2) is 38.9 Å². The van der Waals surface area contributed by atoms with Gasteiger partial charge >= 0.3 is 5.97 Å². The lowest BCUT2D eigenvalue weighted by molar-refractivity contribution is -0.140. The number of rotatable bonds is 5. The number of hydrogen-bond donors (Lipinski definition) is 0. The monoisotopic (exact) mass is 403 g/mol. The normalized spacial score (nSPS) is 16.0. The van der Waals surface area contributed by atoms with Crippen LogP contribution in [0.25, 0.3) is 0 Å². The highest BCUT2D eigenvalue weighted by atomic mass is 32.2. The molecule has 6 nitrogen and oxygen atoms in total. The summed E-state index contributed by atoms with van der Waals surface area (Å²) in [5.74, 6) is 0.502. The quantitative estimate of drug-likeness (QED) is 0.566. The molecule has 0 unspecified atom stereocenters. The number of aryl methyl sites for hydroxylation is 2. The molecule has 0 saturated carbocycles. The number of nitrogens with zero attached hydrogens (tertiary/aromatic N) is 1. The van der Waals surface area contributed by atoms with Crippen molar-refractivity contribution >= 4 is 16.0 Å². The standard InChI is InChI=1S/C21H25NO5S/c1-15-4-9-20(16(2)14-15)28(24,25)22-12-10-17(11-13-22)21(23)27-19-7-5-18(26-3)6-8-19/h4-9,14,17H,10-13H2,1-3H3. The SMILES string of the molecule is COc1ccc(OC(=O)C2CCN(S(=O)(=O)c3ccc(C)cc3C)CC2)cc1. The van der Waals surface area contributed by atoms with E-state index in [1.165, 1.54) is 4.31 Å². The zero-order chi connectivity index (χ0) is 20.3. The molecular formula is C21H25NO5S. The predicted molar refractivity (Wildman–Crippen MR) is 106 cm³/mol. The fourth-order valence-electron chi connectivity index (χ4n) is 3.40. The molecule has 1 aliphatic rings. The Morgan fingerprint density at radius 2 is 1.61 bits per heavy atom. The summed E-state index contributed by atoms with van der Waals surface area (Å²) in [7, 11) is -1.99. The number of methoxy groups -OCH3 is 1. The summed E-state index contributed by atoms with van der Waals surface area (Å²) in [4.78, 5) is 12.7. The summed E-state index contributed by atoms with van der Waals surface area (Å²) in [6, 6.07) is 12.1. The van der Waals surface area contributed by atoms with Crippen LogP contribution in [-0.2, 0) is 14.8 Å². The number of ether oxygens (including phenoxy) is 2. The summed E-state index contributed by atoms with van der Waals surface area (Å²) in [6.45, 7) is 4.35. The Bertz CT molecular complexity index is 945. The summed E-state index contributed by atoms with van der Waals surface area (Å²) >= 11 is 0. The van der Waals surface area contributed by atoms with Crippen molar-refractivity contribution in [1.29, 1.82) is 0 Å². The molecule has 2 aromatic carbocycles. The number of carbonyl (C=O) groups excluding carboxylic acids is 1. The molecule has 0 bridgehead atoms. The van der Waals surface area contributed by atoms with Crippen molar-refractivity contribution < 1.29 is 22.7 Å². The molecule has 2 aromatic rings. The van der Waals surface area contributed by atoms with Crippen LogP contribution >= 0.6 is 0 Å². The Morgan fingerprint density at radius 1 is 1.00 bits per heavy atom. The Morgan fingerprint density at radius 3 is 2.18 bits per heavy atom. The van der Waals surface area contributed by atoms with Gasteiger partial charge in [0.15, 0.2) is 0 Å². The van der Waals surface area contributed by atoms with Gasteiger partial charge in [0.05, 0.1) is 17.9 Å². The van der Waals surface area contributed by atoms with Crippen LogP contribution in [0.1, 0.15) is 24.0 Å². The number of carbonyl (C=O) groups is 1. The van der Waals surface area contributed by atoms with Crippen molar-refractivity contribution in [2.75, 3.05) is 20.2 Å². The molecule has 1 heterocycles. The fourth-order valence-corrected chi connectivity index (χ4v) is 5.08. The average molecular weight is 404 g/mol. The second-order valence-electron chi connectivity index (χ2n) is 7.04. The predicted octanol–water partition coefficient (Wildman–Crippen LogP) is 3.32. The van der Waals surface area contributed by atoms with E-state index in [1.807, 2.05) is 13.0 Å². The van der Waals surface area contributed by atoms with Crippen molar-refractivity contribution in [2.24, 2.45) is 5.92 Å². The molecule has 1 saturated heterocycles. The molecular weight excluding hydrogens is 378 g/mol. The Balaban J connectivity index is 1.62. The Hall–Kier alpha value is -2.38. The van der Waals surface area contributed by atoms with Gasteiger partial charge in [-0.15, -0.1) is 0 Å². The highest BCUT2D eigenvalue weighted by Crippen LogP contribution is 2.27. The maximum atomic E-state index is 12.9. The van der Waals surface area contributed by atoms with Gasteiger partial charge in [-0.1, -0.05) is 17.7 Å². The lowest BCUT2D eigenvalue weighted by Gasteiger charge is -2.30. The molecule has 0 aliphatic carbocycles. The molecule has 7 heteroatoms. The van der Waals surface area contributed by atoms with Crippen LogP contribution in [0.5, 0.6) is 11.5 Å². The van der Waals surface area contributed by atoms with E-state index < -0.39 is 10.0 Å². The van der Waals surface area contributed by atoms with Crippen molar-refractivity contribution in [2.45, 2.75) is 31.6 Å². The van der Waals surface area contributed by atoms with E-state index in [9.17, 15) is 13.2 Å². The third-order valence-corrected chi connectivity index (χ3v) is 7.07. The lowest BCUT2D eigenvalue weighted by atomic mass is 9.98. The minimum atomic E-state index is -3.56. The van der Waals surface area contributed by atoms with Crippen LogP contribution in [0.4, 0.5) is 0 Å². The van der Waals surface area contributed by atoms with Crippen LogP contribution < -0.4 is 9.47 Å². The summed E-state index contributed by atoms with van der Waals surface area (Å²) in [5.41, 5.74) is 1.76. The Labute approximate surface area is 166 Å². The summed E-state index contributed by atoms with van der Waals surface area (Å²) in [6.07, 6.45) is 0.887. The third-order valence-electron chi connectivity index (χ3n) is 5.01. The van der Waals surface area contributed by atoms with Gasteiger partial charge in [-0.05, 0) is 62.6 Å². The first-order valence-corrected chi connectivity index (χ1v) is 10.7. The topological polar surface area (TPSA) is 72.9 Å². The van der Waals surface area contributed by atoms with Crippen LogP contribution in [0.3, 0.4) is 0 Å². The second kappa shape index (κ2) is 8.32. The lowest BCUT2D eigenvalue weighted by Crippen LogP contribution is -2.41.